The standard InChI is InChI=1S/C14H10BrN3O2S/c1-2-7-18-10-4-3-9(15)8-12(10)21-14(18)17-13(19)11-5-6-16-20-11/h2-6,8H,1,7H2. The van der Waals surface area contributed by atoms with Crippen molar-refractivity contribution in [2.45, 2.75) is 6.54 Å². The van der Waals surface area contributed by atoms with Crippen molar-refractivity contribution in [3.63, 3.8) is 0 Å². The highest BCUT2D eigenvalue weighted by molar-refractivity contribution is 9.10. The van der Waals surface area contributed by atoms with E-state index in [1.165, 1.54) is 23.6 Å². The molecule has 7 heteroatoms. The third-order valence-corrected chi connectivity index (χ3v) is 4.34. The number of carbonyl (C=O) groups excluding carboxylic acids is 1. The summed E-state index contributed by atoms with van der Waals surface area (Å²) in [7, 11) is 0. The number of hydrogen-bond donors (Lipinski definition) is 0. The molecule has 1 amide bonds. The van der Waals surface area contributed by atoms with E-state index in [1.54, 1.807) is 6.08 Å². The van der Waals surface area contributed by atoms with Crippen LogP contribution < -0.4 is 4.80 Å². The Morgan fingerprint density at radius 1 is 1.52 bits per heavy atom. The molecule has 0 unspecified atom stereocenters. The minimum atomic E-state index is -0.448. The van der Waals surface area contributed by atoms with Gasteiger partial charge in [-0.05, 0) is 18.2 Å². The van der Waals surface area contributed by atoms with Crippen molar-refractivity contribution in [3.8, 4) is 0 Å². The molecular formula is C14H10BrN3O2S. The SMILES string of the molecule is C=CCn1c(=NC(=O)c2ccno2)sc2cc(Br)ccc21. The van der Waals surface area contributed by atoms with Crippen LogP contribution in [0, 0.1) is 0 Å². The van der Waals surface area contributed by atoms with Crippen LogP contribution in [-0.2, 0) is 6.54 Å². The first-order chi connectivity index (χ1) is 10.2. The monoisotopic (exact) mass is 363 g/mol. The van der Waals surface area contributed by atoms with Crippen LogP contribution in [0.2, 0.25) is 0 Å². The third-order valence-electron chi connectivity index (χ3n) is 2.80. The summed E-state index contributed by atoms with van der Waals surface area (Å²) in [6.07, 6.45) is 3.19. The van der Waals surface area contributed by atoms with E-state index >= 15 is 0 Å². The average Bonchev–Trinajstić information content (AvgIpc) is 3.08. The second-order valence-electron chi connectivity index (χ2n) is 4.19. The summed E-state index contributed by atoms with van der Waals surface area (Å²) in [5, 5.41) is 3.52. The van der Waals surface area contributed by atoms with E-state index in [0.29, 0.717) is 11.3 Å². The maximum absolute atomic E-state index is 12.0. The fraction of sp³-hybridized carbons (Fsp3) is 0.0714. The van der Waals surface area contributed by atoms with E-state index in [2.05, 4.69) is 32.7 Å². The second-order valence-corrected chi connectivity index (χ2v) is 6.11. The van der Waals surface area contributed by atoms with Crippen LogP contribution in [0.25, 0.3) is 10.2 Å². The Labute approximate surface area is 132 Å². The molecule has 3 rings (SSSR count). The summed E-state index contributed by atoms with van der Waals surface area (Å²) in [6.45, 7) is 4.32. The van der Waals surface area contributed by atoms with Crippen LogP contribution >= 0.6 is 27.3 Å². The van der Waals surface area contributed by atoms with E-state index in [1.807, 2.05) is 22.8 Å². The van der Waals surface area contributed by atoms with Gasteiger partial charge < -0.3 is 9.09 Å². The fourth-order valence-corrected chi connectivity index (χ4v) is 3.50. The van der Waals surface area contributed by atoms with E-state index in [9.17, 15) is 4.79 Å². The molecule has 106 valence electrons. The average molecular weight is 364 g/mol. The molecule has 5 nitrogen and oxygen atoms in total. The lowest BCUT2D eigenvalue weighted by molar-refractivity contribution is 0.0962. The van der Waals surface area contributed by atoms with Crippen molar-refractivity contribution in [2.24, 2.45) is 4.99 Å². The van der Waals surface area contributed by atoms with Gasteiger partial charge >= 0.3 is 5.91 Å². The smallest absolute Gasteiger partial charge is 0.318 e. The third kappa shape index (κ3) is 2.74. The number of halogens is 1. The number of nitrogens with zero attached hydrogens (tertiary/aromatic N) is 3. The quantitative estimate of drug-likeness (QED) is 0.670. The first kappa shape index (κ1) is 14.0. The Balaban J connectivity index is 2.19. The molecule has 0 N–H and O–H groups in total. The van der Waals surface area contributed by atoms with Crippen LogP contribution in [0.4, 0.5) is 0 Å². The Bertz CT molecular complexity index is 877. The van der Waals surface area contributed by atoms with E-state index in [-0.39, 0.29) is 5.76 Å². The van der Waals surface area contributed by atoms with Crippen molar-refractivity contribution in [2.75, 3.05) is 0 Å². The summed E-state index contributed by atoms with van der Waals surface area (Å²) in [5.41, 5.74) is 1.01. The van der Waals surface area contributed by atoms with Crippen molar-refractivity contribution < 1.29 is 9.32 Å². The molecular weight excluding hydrogens is 354 g/mol. The number of fused-ring (bicyclic) bond motifs is 1. The number of amides is 1. The molecule has 0 saturated carbocycles. The van der Waals surface area contributed by atoms with Crippen LogP contribution in [0.1, 0.15) is 10.6 Å². The summed E-state index contributed by atoms with van der Waals surface area (Å²) in [6, 6.07) is 7.43. The molecule has 0 aliphatic carbocycles. The predicted octanol–water partition coefficient (Wildman–Crippen LogP) is 3.38. The summed E-state index contributed by atoms with van der Waals surface area (Å²) in [5.74, 6) is -0.324. The highest BCUT2D eigenvalue weighted by atomic mass is 79.9. The number of hydrogen-bond acceptors (Lipinski definition) is 4. The number of aromatic nitrogens is 2. The number of allylic oxidation sites excluding steroid dienone is 1. The maximum Gasteiger partial charge on any atom is 0.318 e. The van der Waals surface area contributed by atoms with Crippen LogP contribution in [-0.4, -0.2) is 15.6 Å². The molecule has 2 heterocycles. The Morgan fingerprint density at radius 3 is 3.10 bits per heavy atom. The molecule has 0 aliphatic rings. The molecule has 0 atom stereocenters. The van der Waals surface area contributed by atoms with Gasteiger partial charge in [0.1, 0.15) is 0 Å². The molecule has 3 aromatic rings. The molecule has 2 aromatic heterocycles. The minimum Gasteiger partial charge on any atom is -0.351 e. The van der Waals surface area contributed by atoms with Crippen molar-refractivity contribution in [1.29, 1.82) is 0 Å². The molecule has 21 heavy (non-hydrogen) atoms. The summed E-state index contributed by atoms with van der Waals surface area (Å²) < 4.78 is 8.79. The molecule has 0 aliphatic heterocycles. The maximum atomic E-state index is 12.0. The minimum absolute atomic E-state index is 0.124. The highest BCUT2D eigenvalue weighted by Crippen LogP contribution is 2.22. The van der Waals surface area contributed by atoms with Crippen LogP contribution in [0.15, 0.2) is 57.1 Å². The Morgan fingerprint density at radius 2 is 2.38 bits per heavy atom. The van der Waals surface area contributed by atoms with Crippen molar-refractivity contribution in [1.82, 2.24) is 9.72 Å². The topological polar surface area (TPSA) is 60.4 Å². The van der Waals surface area contributed by atoms with Gasteiger partial charge in [0, 0.05) is 17.1 Å². The van der Waals surface area contributed by atoms with Gasteiger partial charge in [-0.1, -0.05) is 38.5 Å². The van der Waals surface area contributed by atoms with Gasteiger partial charge in [-0.2, -0.15) is 4.99 Å². The van der Waals surface area contributed by atoms with Crippen LogP contribution in [0.3, 0.4) is 0 Å². The van der Waals surface area contributed by atoms with Crippen LogP contribution in [0.5, 0.6) is 0 Å². The van der Waals surface area contributed by atoms with Crippen molar-refractivity contribution >= 4 is 43.4 Å². The lowest BCUT2D eigenvalue weighted by Gasteiger charge is -2.00. The van der Waals surface area contributed by atoms with E-state index in [4.69, 9.17) is 4.52 Å². The zero-order chi connectivity index (χ0) is 14.8. The molecule has 0 spiro atoms. The first-order valence-electron chi connectivity index (χ1n) is 6.08. The lowest BCUT2D eigenvalue weighted by atomic mass is 10.3. The number of rotatable bonds is 3. The number of carbonyl (C=O) groups is 1. The lowest BCUT2D eigenvalue weighted by Crippen LogP contribution is -2.16. The fourth-order valence-electron chi connectivity index (χ4n) is 1.91. The van der Waals surface area contributed by atoms with Gasteiger partial charge in [0.25, 0.3) is 0 Å². The molecule has 0 radical (unpaired) electrons. The summed E-state index contributed by atoms with van der Waals surface area (Å²) in [4.78, 5) is 16.8. The van der Waals surface area contributed by atoms with E-state index in [0.717, 1.165) is 14.7 Å². The molecule has 1 aromatic carbocycles. The molecule has 0 fully saturated rings. The van der Waals surface area contributed by atoms with Gasteiger partial charge in [-0.15, -0.1) is 6.58 Å². The van der Waals surface area contributed by atoms with E-state index < -0.39 is 5.91 Å². The first-order valence-corrected chi connectivity index (χ1v) is 7.69. The highest BCUT2D eigenvalue weighted by Gasteiger charge is 2.11. The normalized spacial score (nSPS) is 12.0. The largest absolute Gasteiger partial charge is 0.351 e. The zero-order valence-electron chi connectivity index (χ0n) is 10.8. The number of thiazole rings is 1. The predicted molar refractivity (Wildman–Crippen MR) is 84.1 cm³/mol. The van der Waals surface area contributed by atoms with Gasteiger partial charge in [0.2, 0.25) is 5.76 Å². The Hall–Kier alpha value is -1.99. The number of benzene rings is 1. The van der Waals surface area contributed by atoms with Gasteiger partial charge in [-0.3, -0.25) is 4.79 Å². The molecule has 0 bridgehead atoms. The van der Waals surface area contributed by atoms with Gasteiger partial charge in [-0.25, -0.2) is 0 Å². The van der Waals surface area contributed by atoms with Crippen molar-refractivity contribution in [3.05, 3.63) is 58.2 Å². The van der Waals surface area contributed by atoms with Gasteiger partial charge in [0.05, 0.1) is 16.4 Å². The van der Waals surface area contributed by atoms with Gasteiger partial charge in [0.15, 0.2) is 4.80 Å². The Kier molecular flexibility index (Phi) is 3.85. The second kappa shape index (κ2) is 5.79. The summed E-state index contributed by atoms with van der Waals surface area (Å²) >= 11 is 4.88. The zero-order valence-corrected chi connectivity index (χ0v) is 13.2. The molecule has 0 saturated heterocycles.